The number of hydrazone groups is 1. The number of rotatable bonds is 6. The average molecular weight is 448 g/mol. The van der Waals surface area contributed by atoms with Crippen LogP contribution in [-0.2, 0) is 4.79 Å². The number of hydrogen-bond donors (Lipinski definition) is 1. The molecule has 0 aliphatic carbocycles. The van der Waals surface area contributed by atoms with Crippen molar-refractivity contribution in [3.63, 3.8) is 0 Å². The summed E-state index contributed by atoms with van der Waals surface area (Å²) in [5.74, 6) is 0.190. The fraction of sp³-hybridized carbons (Fsp3) is 0.360. The number of amidine groups is 2. The van der Waals surface area contributed by atoms with E-state index in [1.165, 1.54) is 22.3 Å². The van der Waals surface area contributed by atoms with Gasteiger partial charge in [0, 0.05) is 17.1 Å². The van der Waals surface area contributed by atoms with Crippen LogP contribution < -0.4 is 0 Å². The van der Waals surface area contributed by atoms with Crippen molar-refractivity contribution in [2.24, 2.45) is 10.1 Å². The van der Waals surface area contributed by atoms with E-state index in [0.29, 0.717) is 11.1 Å². The number of carbonyl (C=O) groups excluding carboxylic acids is 1. The van der Waals surface area contributed by atoms with E-state index < -0.39 is 0 Å². The van der Waals surface area contributed by atoms with Gasteiger partial charge in [0.15, 0.2) is 5.84 Å². The molecule has 32 heavy (non-hydrogen) atoms. The van der Waals surface area contributed by atoms with Crippen LogP contribution in [0.3, 0.4) is 0 Å². The molecule has 0 radical (unpaired) electrons. The minimum Gasteiger partial charge on any atom is -0.318 e. The largest absolute Gasteiger partial charge is 0.318 e. The van der Waals surface area contributed by atoms with Crippen LogP contribution in [0.15, 0.2) is 46.0 Å². The molecular formula is C25H29N5OS. The quantitative estimate of drug-likeness (QED) is 0.550. The fourth-order valence-corrected chi connectivity index (χ4v) is 4.88. The first-order valence-corrected chi connectivity index (χ1v) is 11.9. The first-order chi connectivity index (χ1) is 15.3. The first kappa shape index (κ1) is 22.3. The van der Waals surface area contributed by atoms with Gasteiger partial charge in [-0.2, -0.15) is 15.1 Å². The molecule has 166 valence electrons. The minimum absolute atomic E-state index is 0.0880. The molecule has 2 aliphatic rings. The van der Waals surface area contributed by atoms with Crippen LogP contribution >= 0.6 is 11.8 Å². The molecule has 0 unspecified atom stereocenters. The smallest absolute Gasteiger partial charge is 0.283 e. The summed E-state index contributed by atoms with van der Waals surface area (Å²) in [6, 6.07) is 10.6. The molecule has 0 saturated carbocycles. The summed E-state index contributed by atoms with van der Waals surface area (Å²) < 4.78 is 2.18. The first-order valence-electron chi connectivity index (χ1n) is 11.1. The third kappa shape index (κ3) is 4.09. The van der Waals surface area contributed by atoms with Gasteiger partial charge in [-0.25, -0.2) is 0 Å². The molecule has 0 saturated heterocycles. The Balaban J connectivity index is 1.66. The predicted octanol–water partition coefficient (Wildman–Crippen LogP) is 6.03. The molecule has 0 atom stereocenters. The Kier molecular flexibility index (Phi) is 6.20. The van der Waals surface area contributed by atoms with E-state index in [-0.39, 0.29) is 17.3 Å². The third-order valence-electron chi connectivity index (χ3n) is 5.83. The minimum atomic E-state index is -0.383. The zero-order chi connectivity index (χ0) is 23.0. The van der Waals surface area contributed by atoms with E-state index in [1.54, 1.807) is 6.08 Å². The highest BCUT2D eigenvalue weighted by Crippen LogP contribution is 2.31. The second-order valence-electron chi connectivity index (χ2n) is 8.53. The molecule has 4 rings (SSSR count). The van der Waals surface area contributed by atoms with Gasteiger partial charge in [-0.15, -0.1) is 0 Å². The maximum absolute atomic E-state index is 12.8. The van der Waals surface area contributed by atoms with Crippen molar-refractivity contribution in [3.05, 3.63) is 58.4 Å². The summed E-state index contributed by atoms with van der Waals surface area (Å²) in [4.78, 5) is 17.0. The van der Waals surface area contributed by atoms with E-state index >= 15 is 0 Å². The fourth-order valence-electron chi connectivity index (χ4n) is 3.96. The monoisotopic (exact) mass is 447 g/mol. The molecular weight excluding hydrogens is 418 g/mol. The highest BCUT2D eigenvalue weighted by molar-refractivity contribution is 8.26. The van der Waals surface area contributed by atoms with E-state index in [1.807, 2.05) is 13.0 Å². The zero-order valence-corrected chi connectivity index (χ0v) is 20.1. The number of aliphatic imine (C=N–C) groups is 1. The van der Waals surface area contributed by atoms with Gasteiger partial charge in [-0.3, -0.25) is 10.2 Å². The molecule has 3 heterocycles. The van der Waals surface area contributed by atoms with Crippen molar-refractivity contribution in [2.45, 2.75) is 59.8 Å². The Labute approximate surface area is 193 Å². The van der Waals surface area contributed by atoms with Crippen molar-refractivity contribution >= 4 is 39.8 Å². The zero-order valence-electron chi connectivity index (χ0n) is 19.3. The van der Waals surface area contributed by atoms with Gasteiger partial charge >= 0.3 is 0 Å². The van der Waals surface area contributed by atoms with Crippen molar-refractivity contribution in [2.75, 3.05) is 0 Å². The maximum Gasteiger partial charge on any atom is 0.283 e. The molecule has 0 spiro atoms. The molecule has 1 aromatic heterocycles. The van der Waals surface area contributed by atoms with Crippen LogP contribution in [0.5, 0.6) is 0 Å². The van der Waals surface area contributed by atoms with Gasteiger partial charge in [0.1, 0.15) is 5.04 Å². The molecule has 2 aromatic rings. The number of amides is 1. The lowest BCUT2D eigenvalue weighted by Gasteiger charge is -2.20. The lowest BCUT2D eigenvalue weighted by Crippen LogP contribution is -2.35. The van der Waals surface area contributed by atoms with Crippen LogP contribution in [0.1, 0.15) is 68.5 Å². The molecule has 0 bridgehead atoms. The molecule has 1 aromatic carbocycles. The Morgan fingerprint density at radius 2 is 1.91 bits per heavy atom. The topological polar surface area (TPSA) is 73.8 Å². The molecule has 0 fully saturated rings. The van der Waals surface area contributed by atoms with Gasteiger partial charge < -0.3 is 4.57 Å². The Bertz CT molecular complexity index is 1170. The number of unbranched alkanes of at least 4 members (excludes halogenated alkanes) is 1. The standard InChI is InChI=1S/C25H29N5OS/c1-6-7-8-22-28-30-23(26)21(24(31)27-25(30)32-22)14-19-13-16(4)29(17(19)5)20-11-9-18(10-12-20)15(2)3/h9-15,26H,6-8H2,1-5H3. The van der Waals surface area contributed by atoms with Crippen LogP contribution in [0, 0.1) is 19.3 Å². The van der Waals surface area contributed by atoms with Crippen LogP contribution in [0.4, 0.5) is 0 Å². The average Bonchev–Trinajstić information content (AvgIpc) is 3.29. The number of aromatic nitrogens is 1. The lowest BCUT2D eigenvalue weighted by atomic mass is 10.0. The maximum atomic E-state index is 12.8. The summed E-state index contributed by atoms with van der Waals surface area (Å²) in [5, 5.41) is 16.0. The summed E-state index contributed by atoms with van der Waals surface area (Å²) in [5.41, 5.74) is 5.65. The number of aryl methyl sites for hydroxylation is 1. The van der Waals surface area contributed by atoms with Crippen molar-refractivity contribution in [1.29, 1.82) is 5.41 Å². The molecule has 1 amide bonds. The second-order valence-corrected chi connectivity index (χ2v) is 9.57. The number of benzene rings is 1. The summed E-state index contributed by atoms with van der Waals surface area (Å²) in [6.07, 6.45) is 4.72. The SMILES string of the molecule is CCCCC1=NN2C(=N)C(=Cc3cc(C)n(-c4ccc(C(C)C)cc4)c3C)C(=O)N=C2S1. The van der Waals surface area contributed by atoms with Crippen molar-refractivity contribution in [1.82, 2.24) is 9.58 Å². The molecule has 1 N–H and O–H groups in total. The van der Waals surface area contributed by atoms with E-state index in [4.69, 9.17) is 5.41 Å². The Morgan fingerprint density at radius 3 is 2.56 bits per heavy atom. The van der Waals surface area contributed by atoms with Crippen molar-refractivity contribution in [3.8, 4) is 5.69 Å². The number of fused-ring (bicyclic) bond motifs is 1. The lowest BCUT2D eigenvalue weighted by molar-refractivity contribution is -0.114. The number of hydrogen-bond acceptors (Lipinski definition) is 4. The summed E-state index contributed by atoms with van der Waals surface area (Å²) in [6.45, 7) is 10.6. The van der Waals surface area contributed by atoms with E-state index in [2.05, 4.69) is 66.6 Å². The van der Waals surface area contributed by atoms with Gasteiger partial charge in [0.25, 0.3) is 5.91 Å². The summed E-state index contributed by atoms with van der Waals surface area (Å²) >= 11 is 1.39. The van der Waals surface area contributed by atoms with Gasteiger partial charge in [0.2, 0.25) is 5.17 Å². The molecule has 2 aliphatic heterocycles. The van der Waals surface area contributed by atoms with Crippen molar-refractivity contribution < 1.29 is 4.79 Å². The van der Waals surface area contributed by atoms with Gasteiger partial charge in [-0.05, 0) is 79.8 Å². The number of nitrogens with one attached hydrogen (secondary N) is 1. The molecule has 6 nitrogen and oxygen atoms in total. The highest BCUT2D eigenvalue weighted by Gasteiger charge is 2.35. The van der Waals surface area contributed by atoms with Gasteiger partial charge in [0.05, 0.1) is 5.57 Å². The normalized spacial score (nSPS) is 17.3. The number of nitrogens with zero attached hydrogens (tertiary/aromatic N) is 4. The van der Waals surface area contributed by atoms with E-state index in [9.17, 15) is 4.79 Å². The number of thioether (sulfide) groups is 1. The number of carbonyl (C=O) groups is 1. The van der Waals surface area contributed by atoms with Crippen LogP contribution in [-0.4, -0.2) is 31.5 Å². The molecule has 7 heteroatoms. The highest BCUT2D eigenvalue weighted by atomic mass is 32.2. The predicted molar refractivity (Wildman–Crippen MR) is 134 cm³/mol. The second kappa shape index (κ2) is 8.90. The third-order valence-corrected chi connectivity index (χ3v) is 6.80. The van der Waals surface area contributed by atoms with E-state index in [0.717, 1.165) is 46.9 Å². The van der Waals surface area contributed by atoms with Crippen LogP contribution in [0.25, 0.3) is 11.8 Å². The van der Waals surface area contributed by atoms with Gasteiger partial charge in [-0.1, -0.05) is 39.3 Å². The Hall–Kier alpha value is -2.93. The Morgan fingerprint density at radius 1 is 1.19 bits per heavy atom. The summed E-state index contributed by atoms with van der Waals surface area (Å²) in [7, 11) is 0. The van der Waals surface area contributed by atoms with Crippen LogP contribution in [0.2, 0.25) is 0 Å².